The van der Waals surface area contributed by atoms with Crippen LogP contribution >= 0.6 is 0 Å². The molecule has 0 spiro atoms. The Bertz CT molecular complexity index is 1880. The van der Waals surface area contributed by atoms with Gasteiger partial charge < -0.3 is 20.1 Å². The van der Waals surface area contributed by atoms with E-state index in [2.05, 4.69) is 15.6 Å². The molecule has 244 valence electrons. The number of carbonyl (C=O) groups is 3. The summed E-state index contributed by atoms with van der Waals surface area (Å²) in [6.07, 6.45) is 4.42. The molecular formula is C36H36F3N5O3. The Hall–Kier alpha value is -4.93. The Morgan fingerprint density at radius 1 is 1.02 bits per heavy atom. The molecule has 1 saturated carbocycles. The number of fused-ring (bicyclic) bond motifs is 1. The van der Waals surface area contributed by atoms with Gasteiger partial charge in [0.2, 0.25) is 11.8 Å². The number of pyridine rings is 1. The van der Waals surface area contributed by atoms with Crippen LogP contribution in [0.2, 0.25) is 0 Å². The zero-order valence-electron chi connectivity index (χ0n) is 26.4. The van der Waals surface area contributed by atoms with Gasteiger partial charge >= 0.3 is 0 Å². The number of amides is 3. The predicted molar refractivity (Wildman–Crippen MR) is 173 cm³/mol. The highest BCUT2D eigenvalue weighted by molar-refractivity contribution is 5.97. The van der Waals surface area contributed by atoms with E-state index in [1.54, 1.807) is 19.1 Å². The quantitative estimate of drug-likeness (QED) is 0.238. The lowest BCUT2D eigenvalue weighted by Crippen LogP contribution is -2.49. The van der Waals surface area contributed by atoms with Gasteiger partial charge in [-0.05, 0) is 87.6 Å². The van der Waals surface area contributed by atoms with Crippen molar-refractivity contribution in [1.82, 2.24) is 25.1 Å². The van der Waals surface area contributed by atoms with Crippen LogP contribution in [0, 0.1) is 31.4 Å². The summed E-state index contributed by atoms with van der Waals surface area (Å²) >= 11 is 0. The van der Waals surface area contributed by atoms with Crippen molar-refractivity contribution in [2.24, 2.45) is 5.92 Å². The number of aromatic nitrogens is 2. The molecule has 2 N–H and O–H groups in total. The van der Waals surface area contributed by atoms with Crippen molar-refractivity contribution in [3.8, 4) is 5.69 Å². The van der Waals surface area contributed by atoms with Crippen molar-refractivity contribution in [2.75, 3.05) is 13.1 Å². The molecule has 0 bridgehead atoms. The van der Waals surface area contributed by atoms with Crippen LogP contribution in [0.25, 0.3) is 22.7 Å². The molecule has 3 amide bonds. The SMILES string of the molecule is Cc1ccc(C)n1-c1ccc(/C=C/C2CC2)c([C@H](C)NC(=O)C2C[C@@H](F)CN2C(=O)CNC(=O)c2ccc3cc(F)ccc3n2)c1F. The Morgan fingerprint density at radius 3 is 2.49 bits per heavy atom. The summed E-state index contributed by atoms with van der Waals surface area (Å²) in [6.45, 7) is 4.65. The molecule has 2 fully saturated rings. The molecule has 2 aromatic heterocycles. The number of likely N-dealkylation sites (tertiary alicyclic amines) is 1. The fourth-order valence-corrected chi connectivity index (χ4v) is 6.19. The van der Waals surface area contributed by atoms with E-state index in [1.807, 2.05) is 48.8 Å². The monoisotopic (exact) mass is 643 g/mol. The molecule has 3 heterocycles. The van der Waals surface area contributed by atoms with Crippen molar-refractivity contribution in [2.45, 2.75) is 58.3 Å². The lowest BCUT2D eigenvalue weighted by molar-refractivity contribution is -0.138. The van der Waals surface area contributed by atoms with E-state index in [4.69, 9.17) is 0 Å². The molecule has 1 unspecified atom stereocenters. The number of nitrogens with zero attached hydrogens (tertiary/aromatic N) is 3. The number of nitrogens with one attached hydrogen (secondary N) is 2. The number of halogens is 3. The molecule has 3 atom stereocenters. The Morgan fingerprint density at radius 2 is 1.77 bits per heavy atom. The summed E-state index contributed by atoms with van der Waals surface area (Å²) in [4.78, 5) is 44.8. The maximum Gasteiger partial charge on any atom is 0.270 e. The third kappa shape index (κ3) is 6.79. The van der Waals surface area contributed by atoms with Crippen molar-refractivity contribution in [3.05, 3.63) is 101 Å². The van der Waals surface area contributed by atoms with Gasteiger partial charge in [0.25, 0.3) is 5.91 Å². The number of carbonyl (C=O) groups excluding carboxylic acids is 3. The lowest BCUT2D eigenvalue weighted by atomic mass is 9.98. The molecule has 8 nitrogen and oxygen atoms in total. The first kappa shape index (κ1) is 32.0. The van der Waals surface area contributed by atoms with Crippen molar-refractivity contribution in [3.63, 3.8) is 0 Å². The van der Waals surface area contributed by atoms with Crippen LogP contribution in [0.1, 0.15) is 65.2 Å². The van der Waals surface area contributed by atoms with Gasteiger partial charge in [-0.1, -0.05) is 24.3 Å². The molecule has 1 aliphatic heterocycles. The average Bonchev–Trinajstić information content (AvgIpc) is 3.71. The minimum atomic E-state index is -1.44. The third-order valence-electron chi connectivity index (χ3n) is 8.82. The van der Waals surface area contributed by atoms with Crippen LogP contribution in [-0.4, -0.2) is 57.5 Å². The summed E-state index contributed by atoms with van der Waals surface area (Å²) < 4.78 is 46.3. The van der Waals surface area contributed by atoms with Crippen LogP contribution < -0.4 is 10.6 Å². The number of hydrogen-bond donors (Lipinski definition) is 2. The molecule has 4 aromatic rings. The van der Waals surface area contributed by atoms with E-state index in [-0.39, 0.29) is 18.7 Å². The maximum atomic E-state index is 16.4. The fourth-order valence-electron chi connectivity index (χ4n) is 6.19. The van der Waals surface area contributed by atoms with Crippen molar-refractivity contribution >= 4 is 34.7 Å². The van der Waals surface area contributed by atoms with E-state index in [1.165, 1.54) is 24.3 Å². The van der Waals surface area contributed by atoms with Gasteiger partial charge in [-0.15, -0.1) is 0 Å². The summed E-state index contributed by atoms with van der Waals surface area (Å²) in [5, 5.41) is 5.83. The topological polar surface area (TPSA) is 96.3 Å². The first-order valence-electron chi connectivity index (χ1n) is 15.7. The number of allylic oxidation sites excluding steroid dienone is 1. The Kier molecular flexibility index (Phi) is 8.90. The highest BCUT2D eigenvalue weighted by atomic mass is 19.1. The number of aryl methyl sites for hydroxylation is 2. The van der Waals surface area contributed by atoms with Gasteiger partial charge in [0.05, 0.1) is 30.3 Å². The standard InChI is InChI=1S/C36H36F3N5O3/c1-20-4-5-21(2)44(20)30-15-11-24(9-8-23-6-7-23)33(34(30)39)22(3)41-36(47)31-17-27(38)19-43(31)32(45)18-40-35(46)29-13-10-25-16-26(37)12-14-28(25)42-29/h4-5,8-16,22-23,27,31H,6-7,17-19H2,1-3H3,(H,40,46)(H,41,47)/b9-8+/t22-,27+,31?/m0/s1. The van der Waals surface area contributed by atoms with Gasteiger partial charge in [0.1, 0.15) is 23.7 Å². The third-order valence-corrected chi connectivity index (χ3v) is 8.82. The summed E-state index contributed by atoms with van der Waals surface area (Å²) in [5.74, 6) is -2.36. The molecule has 6 rings (SSSR count). The molecular weight excluding hydrogens is 607 g/mol. The highest BCUT2D eigenvalue weighted by Crippen LogP contribution is 2.34. The molecule has 2 aromatic carbocycles. The summed E-state index contributed by atoms with van der Waals surface area (Å²) in [5.41, 5.74) is 3.43. The first-order valence-corrected chi connectivity index (χ1v) is 15.7. The van der Waals surface area contributed by atoms with Crippen LogP contribution in [0.5, 0.6) is 0 Å². The highest BCUT2D eigenvalue weighted by Gasteiger charge is 2.40. The number of alkyl halides is 1. The molecule has 11 heteroatoms. The normalized spacial score (nSPS) is 18.6. The molecule has 2 aliphatic rings. The fraction of sp³-hybridized carbons (Fsp3) is 0.333. The Balaban J connectivity index is 1.17. The molecule has 0 radical (unpaired) electrons. The minimum absolute atomic E-state index is 0.0194. The smallest absolute Gasteiger partial charge is 0.270 e. The van der Waals surface area contributed by atoms with Crippen LogP contribution in [0.15, 0.2) is 60.7 Å². The predicted octanol–water partition coefficient (Wildman–Crippen LogP) is 5.89. The Labute approximate surface area is 270 Å². The summed E-state index contributed by atoms with van der Waals surface area (Å²) in [7, 11) is 0. The van der Waals surface area contributed by atoms with Crippen LogP contribution in [0.4, 0.5) is 13.2 Å². The van der Waals surface area contributed by atoms with Gasteiger partial charge in [-0.2, -0.15) is 0 Å². The second-order valence-corrected chi connectivity index (χ2v) is 12.4. The summed E-state index contributed by atoms with van der Waals surface area (Å²) in [6, 6.07) is 12.4. The second kappa shape index (κ2) is 13.1. The maximum absolute atomic E-state index is 16.4. The zero-order valence-corrected chi connectivity index (χ0v) is 26.4. The first-order chi connectivity index (χ1) is 22.5. The van der Waals surface area contributed by atoms with Gasteiger partial charge in [0, 0.05) is 28.8 Å². The second-order valence-electron chi connectivity index (χ2n) is 12.4. The molecule has 1 saturated heterocycles. The van der Waals surface area contributed by atoms with Gasteiger partial charge in [0.15, 0.2) is 5.82 Å². The van der Waals surface area contributed by atoms with Gasteiger partial charge in [-0.3, -0.25) is 14.4 Å². The number of benzene rings is 2. The van der Waals surface area contributed by atoms with E-state index in [0.29, 0.717) is 33.6 Å². The zero-order chi connectivity index (χ0) is 33.4. The number of rotatable bonds is 9. The van der Waals surface area contributed by atoms with Crippen LogP contribution in [-0.2, 0) is 9.59 Å². The average molecular weight is 644 g/mol. The lowest BCUT2D eigenvalue weighted by Gasteiger charge is -2.26. The van der Waals surface area contributed by atoms with E-state index >= 15 is 4.39 Å². The van der Waals surface area contributed by atoms with Crippen LogP contribution in [0.3, 0.4) is 0 Å². The van der Waals surface area contributed by atoms with Crippen molar-refractivity contribution in [1.29, 1.82) is 0 Å². The number of hydrogen-bond acceptors (Lipinski definition) is 4. The largest absolute Gasteiger partial charge is 0.348 e. The molecule has 1 aliphatic carbocycles. The molecule has 47 heavy (non-hydrogen) atoms. The van der Waals surface area contributed by atoms with Gasteiger partial charge in [-0.25, -0.2) is 18.2 Å². The van der Waals surface area contributed by atoms with Crippen molar-refractivity contribution < 1.29 is 27.6 Å². The minimum Gasteiger partial charge on any atom is -0.348 e. The van der Waals surface area contributed by atoms with E-state index in [0.717, 1.165) is 29.1 Å². The van der Waals surface area contributed by atoms with E-state index < -0.39 is 54.2 Å². The van der Waals surface area contributed by atoms with E-state index in [9.17, 15) is 23.2 Å².